The van der Waals surface area contributed by atoms with Crippen LogP contribution in [0.1, 0.15) is 49.9 Å². The number of rotatable bonds is 2. The summed E-state index contributed by atoms with van der Waals surface area (Å²) in [6, 6.07) is 6.06. The molecular formula is C16H21NO2. The zero-order valence-corrected chi connectivity index (χ0v) is 11.7. The van der Waals surface area contributed by atoms with Crippen molar-refractivity contribution in [2.24, 2.45) is 0 Å². The molecule has 3 heteroatoms. The highest BCUT2D eigenvalue weighted by molar-refractivity contribution is 6.01. The molecule has 0 radical (unpaired) electrons. The van der Waals surface area contributed by atoms with E-state index in [2.05, 4.69) is 17.9 Å². The summed E-state index contributed by atoms with van der Waals surface area (Å²) < 4.78 is 6.02. The summed E-state index contributed by atoms with van der Waals surface area (Å²) in [5, 5.41) is 0. The van der Waals surface area contributed by atoms with Crippen LogP contribution in [0.15, 0.2) is 18.2 Å². The number of ketones is 1. The maximum atomic E-state index is 12.3. The third-order valence-electron chi connectivity index (χ3n) is 4.37. The molecule has 2 aliphatic rings. The van der Waals surface area contributed by atoms with Gasteiger partial charge in [-0.2, -0.15) is 0 Å². The number of Topliss-reactive ketones (excluding diaryl/α,β-unsaturated/α-hetero) is 1. The topological polar surface area (TPSA) is 29.5 Å². The van der Waals surface area contributed by atoms with Gasteiger partial charge in [0.1, 0.15) is 11.4 Å². The summed E-state index contributed by atoms with van der Waals surface area (Å²) in [4.78, 5) is 14.7. The van der Waals surface area contributed by atoms with Crippen LogP contribution < -0.4 is 9.64 Å². The van der Waals surface area contributed by atoms with E-state index in [4.69, 9.17) is 4.74 Å². The van der Waals surface area contributed by atoms with Gasteiger partial charge in [0.05, 0.1) is 12.0 Å². The first kappa shape index (κ1) is 12.5. The fourth-order valence-electron chi connectivity index (χ4n) is 2.93. The number of anilines is 1. The van der Waals surface area contributed by atoms with Gasteiger partial charge in [-0.15, -0.1) is 0 Å². The predicted octanol–water partition coefficient (Wildman–Crippen LogP) is 3.42. The molecule has 3 nitrogen and oxygen atoms in total. The predicted molar refractivity (Wildman–Crippen MR) is 76.2 cm³/mol. The summed E-state index contributed by atoms with van der Waals surface area (Å²) >= 11 is 0. The highest BCUT2D eigenvalue weighted by Crippen LogP contribution is 2.37. The number of benzene rings is 1. The summed E-state index contributed by atoms with van der Waals surface area (Å²) in [6.07, 6.45) is 3.83. The highest BCUT2D eigenvalue weighted by Gasteiger charge is 2.35. The molecular weight excluding hydrogens is 238 g/mol. The lowest BCUT2D eigenvalue weighted by Gasteiger charge is -2.34. The normalized spacial score (nSPS) is 26.2. The molecule has 0 aliphatic carbocycles. The SMILES string of the molecule is CCC1(C)CC(=O)c2cc(N3CCCC3)ccc2O1. The minimum Gasteiger partial charge on any atom is -0.486 e. The van der Waals surface area contributed by atoms with Crippen LogP contribution in [0.2, 0.25) is 0 Å². The van der Waals surface area contributed by atoms with Gasteiger partial charge < -0.3 is 9.64 Å². The van der Waals surface area contributed by atoms with Gasteiger partial charge in [0.15, 0.2) is 5.78 Å². The van der Waals surface area contributed by atoms with Gasteiger partial charge in [-0.25, -0.2) is 0 Å². The van der Waals surface area contributed by atoms with Crippen molar-refractivity contribution >= 4 is 11.5 Å². The Hall–Kier alpha value is -1.51. The lowest BCUT2D eigenvalue weighted by Crippen LogP contribution is -2.38. The third kappa shape index (κ3) is 2.22. The molecule has 2 aliphatic heterocycles. The van der Waals surface area contributed by atoms with Gasteiger partial charge >= 0.3 is 0 Å². The number of nitrogens with zero attached hydrogens (tertiary/aromatic N) is 1. The van der Waals surface area contributed by atoms with E-state index in [-0.39, 0.29) is 11.4 Å². The van der Waals surface area contributed by atoms with Crippen molar-refractivity contribution in [3.63, 3.8) is 0 Å². The van der Waals surface area contributed by atoms with Crippen molar-refractivity contribution in [1.82, 2.24) is 0 Å². The molecule has 102 valence electrons. The van der Waals surface area contributed by atoms with E-state index in [9.17, 15) is 4.79 Å². The Morgan fingerprint density at radius 3 is 2.74 bits per heavy atom. The molecule has 3 rings (SSSR count). The lowest BCUT2D eigenvalue weighted by molar-refractivity contribution is 0.0499. The van der Waals surface area contributed by atoms with Gasteiger partial charge in [0, 0.05) is 18.8 Å². The Morgan fingerprint density at radius 1 is 1.32 bits per heavy atom. The van der Waals surface area contributed by atoms with Crippen molar-refractivity contribution < 1.29 is 9.53 Å². The molecule has 1 fully saturated rings. The van der Waals surface area contributed by atoms with Gasteiger partial charge in [0.2, 0.25) is 0 Å². The van der Waals surface area contributed by atoms with Crippen LogP contribution in [0.5, 0.6) is 5.75 Å². The van der Waals surface area contributed by atoms with Crippen LogP contribution in [0.3, 0.4) is 0 Å². The van der Waals surface area contributed by atoms with Crippen LogP contribution in [-0.2, 0) is 0 Å². The summed E-state index contributed by atoms with van der Waals surface area (Å²) in [5.41, 5.74) is 1.59. The van der Waals surface area contributed by atoms with Crippen molar-refractivity contribution in [2.45, 2.75) is 45.1 Å². The number of hydrogen-bond donors (Lipinski definition) is 0. The third-order valence-corrected chi connectivity index (χ3v) is 4.37. The number of hydrogen-bond acceptors (Lipinski definition) is 3. The van der Waals surface area contributed by atoms with E-state index < -0.39 is 0 Å². The van der Waals surface area contributed by atoms with E-state index >= 15 is 0 Å². The molecule has 0 saturated carbocycles. The smallest absolute Gasteiger partial charge is 0.170 e. The second-order valence-corrected chi connectivity index (χ2v) is 5.88. The lowest BCUT2D eigenvalue weighted by atomic mass is 9.89. The van der Waals surface area contributed by atoms with Gasteiger partial charge in [-0.05, 0) is 44.4 Å². The second-order valence-electron chi connectivity index (χ2n) is 5.88. The van der Waals surface area contributed by atoms with E-state index in [0.29, 0.717) is 6.42 Å². The number of fused-ring (bicyclic) bond motifs is 1. The van der Waals surface area contributed by atoms with Gasteiger partial charge in [-0.3, -0.25) is 4.79 Å². The fraction of sp³-hybridized carbons (Fsp3) is 0.562. The van der Waals surface area contributed by atoms with Crippen molar-refractivity contribution in [1.29, 1.82) is 0 Å². The van der Waals surface area contributed by atoms with Crippen LogP contribution in [0.4, 0.5) is 5.69 Å². The molecule has 0 aromatic heterocycles. The molecule has 2 heterocycles. The van der Waals surface area contributed by atoms with E-state index in [1.807, 2.05) is 19.1 Å². The molecule has 19 heavy (non-hydrogen) atoms. The van der Waals surface area contributed by atoms with Crippen LogP contribution in [0.25, 0.3) is 0 Å². The first-order valence-electron chi connectivity index (χ1n) is 7.22. The molecule has 1 unspecified atom stereocenters. The molecule has 0 N–H and O–H groups in total. The van der Waals surface area contributed by atoms with Gasteiger partial charge in [-0.1, -0.05) is 6.92 Å². The first-order valence-corrected chi connectivity index (χ1v) is 7.22. The number of carbonyl (C=O) groups excluding carboxylic acids is 1. The minimum atomic E-state index is -0.334. The van der Waals surface area contributed by atoms with Gasteiger partial charge in [0.25, 0.3) is 0 Å². The first-order chi connectivity index (χ1) is 9.11. The molecule has 0 bridgehead atoms. The Morgan fingerprint density at radius 2 is 2.05 bits per heavy atom. The number of carbonyl (C=O) groups is 1. The highest BCUT2D eigenvalue weighted by atomic mass is 16.5. The quantitative estimate of drug-likeness (QED) is 0.815. The summed E-state index contributed by atoms with van der Waals surface area (Å²) in [7, 11) is 0. The fourth-order valence-corrected chi connectivity index (χ4v) is 2.93. The van der Waals surface area contributed by atoms with Crippen LogP contribution >= 0.6 is 0 Å². The minimum absolute atomic E-state index is 0.214. The summed E-state index contributed by atoms with van der Waals surface area (Å²) in [5.74, 6) is 0.968. The monoisotopic (exact) mass is 259 g/mol. The maximum Gasteiger partial charge on any atom is 0.170 e. The van der Waals surface area contributed by atoms with E-state index in [0.717, 1.165) is 36.5 Å². The Bertz CT molecular complexity index is 505. The zero-order valence-electron chi connectivity index (χ0n) is 11.7. The zero-order chi connectivity index (χ0) is 13.5. The van der Waals surface area contributed by atoms with E-state index in [1.54, 1.807) is 0 Å². The van der Waals surface area contributed by atoms with Crippen molar-refractivity contribution in [3.8, 4) is 5.75 Å². The largest absolute Gasteiger partial charge is 0.486 e. The van der Waals surface area contributed by atoms with Crippen molar-refractivity contribution in [3.05, 3.63) is 23.8 Å². The Balaban J connectivity index is 1.93. The molecule has 1 atom stereocenters. The average Bonchev–Trinajstić information content (AvgIpc) is 2.92. The summed E-state index contributed by atoms with van der Waals surface area (Å²) in [6.45, 7) is 6.28. The van der Waals surface area contributed by atoms with Crippen LogP contribution in [0, 0.1) is 0 Å². The van der Waals surface area contributed by atoms with Crippen molar-refractivity contribution in [2.75, 3.05) is 18.0 Å². The molecule has 1 aromatic carbocycles. The second kappa shape index (κ2) is 4.55. The molecule has 1 aromatic rings. The average molecular weight is 259 g/mol. The molecule has 0 spiro atoms. The Labute approximate surface area is 114 Å². The molecule has 1 saturated heterocycles. The molecule has 0 amide bonds. The maximum absolute atomic E-state index is 12.3. The van der Waals surface area contributed by atoms with Crippen LogP contribution in [-0.4, -0.2) is 24.5 Å². The standard InChI is InChI=1S/C16H21NO2/c1-3-16(2)11-14(18)13-10-12(6-7-15(13)19-16)17-8-4-5-9-17/h6-7,10H,3-5,8-9,11H2,1-2H3. The van der Waals surface area contributed by atoms with E-state index in [1.165, 1.54) is 12.8 Å². The Kier molecular flexibility index (Phi) is 3.00. The number of ether oxygens (including phenoxy) is 1.